The summed E-state index contributed by atoms with van der Waals surface area (Å²) in [6, 6.07) is 14.1. The molecule has 4 heterocycles. The summed E-state index contributed by atoms with van der Waals surface area (Å²) in [7, 11) is 0. The van der Waals surface area contributed by atoms with Crippen LogP contribution in [0.25, 0.3) is 15.9 Å². The smallest absolute Gasteiger partial charge is 0.261 e. The second kappa shape index (κ2) is 8.98. The van der Waals surface area contributed by atoms with Gasteiger partial charge in [0.25, 0.3) is 5.91 Å². The number of nitrogens with zero attached hydrogens (tertiary/aromatic N) is 3. The van der Waals surface area contributed by atoms with E-state index >= 15 is 0 Å². The molecule has 5 rings (SSSR count). The van der Waals surface area contributed by atoms with E-state index in [0.717, 1.165) is 34.7 Å². The number of amides is 1. The summed E-state index contributed by atoms with van der Waals surface area (Å²) in [5, 5.41) is 11.7. The quantitative estimate of drug-likeness (QED) is 0.361. The number of benzene rings is 1. The second-order valence-electron chi connectivity index (χ2n) is 8.24. The topological polar surface area (TPSA) is 50.2 Å². The van der Waals surface area contributed by atoms with Gasteiger partial charge in [0.2, 0.25) is 0 Å². The SMILES string of the molecule is Cc1nn(-c2ccccc2Cl)c2sc(C(=O)N[C@@H](C)[C@H](c3cccs3)N3CCCC3)cc12. The molecule has 32 heavy (non-hydrogen) atoms. The Labute approximate surface area is 200 Å². The molecule has 0 spiro atoms. The molecule has 1 saturated heterocycles. The van der Waals surface area contributed by atoms with Gasteiger partial charge in [0.1, 0.15) is 4.83 Å². The number of nitrogens with one attached hydrogen (secondary N) is 1. The van der Waals surface area contributed by atoms with E-state index in [-0.39, 0.29) is 18.0 Å². The standard InChI is InChI=1S/C24H25ClN4OS2/c1-15-17-14-21(32-24(17)29(27-15)19-9-4-3-8-18(19)25)23(30)26-16(2)22(20-10-7-13-31-20)28-11-5-6-12-28/h3-4,7-10,13-14,16,22H,5-6,11-12H2,1-2H3,(H,26,30)/t16-,22+/m0/s1. The maximum absolute atomic E-state index is 13.3. The van der Waals surface area contributed by atoms with Gasteiger partial charge in [-0.05, 0) is 69.4 Å². The first-order chi connectivity index (χ1) is 15.5. The molecule has 0 saturated carbocycles. The monoisotopic (exact) mass is 484 g/mol. The zero-order valence-electron chi connectivity index (χ0n) is 18.0. The minimum Gasteiger partial charge on any atom is -0.347 e. The summed E-state index contributed by atoms with van der Waals surface area (Å²) in [5.74, 6) is -0.0374. The third kappa shape index (κ3) is 3.99. The van der Waals surface area contributed by atoms with Crippen molar-refractivity contribution in [2.45, 2.75) is 38.8 Å². The number of carbonyl (C=O) groups is 1. The first-order valence-corrected chi connectivity index (χ1v) is 12.9. The highest BCUT2D eigenvalue weighted by Crippen LogP contribution is 2.34. The lowest BCUT2D eigenvalue weighted by molar-refractivity contribution is 0.0912. The van der Waals surface area contributed by atoms with Crippen LogP contribution >= 0.6 is 34.3 Å². The average molecular weight is 485 g/mol. The number of hydrogen-bond acceptors (Lipinski definition) is 5. The van der Waals surface area contributed by atoms with Crippen molar-refractivity contribution in [3.63, 3.8) is 0 Å². The van der Waals surface area contributed by atoms with Gasteiger partial charge in [-0.1, -0.05) is 29.8 Å². The van der Waals surface area contributed by atoms with Gasteiger partial charge in [0, 0.05) is 16.3 Å². The fourth-order valence-corrected chi connectivity index (χ4v) is 6.78. The molecule has 0 bridgehead atoms. The third-order valence-corrected chi connectivity index (χ3v) is 8.42. The fourth-order valence-electron chi connectivity index (χ4n) is 4.52. The molecule has 1 amide bonds. The maximum atomic E-state index is 13.3. The molecule has 1 aromatic carbocycles. The number of rotatable bonds is 6. The van der Waals surface area contributed by atoms with Crippen molar-refractivity contribution in [1.29, 1.82) is 0 Å². The highest BCUT2D eigenvalue weighted by molar-refractivity contribution is 7.20. The van der Waals surface area contributed by atoms with Crippen molar-refractivity contribution in [3.8, 4) is 5.69 Å². The van der Waals surface area contributed by atoms with Crippen molar-refractivity contribution < 1.29 is 4.79 Å². The van der Waals surface area contributed by atoms with Crippen LogP contribution in [0.5, 0.6) is 0 Å². The molecule has 166 valence electrons. The molecule has 0 unspecified atom stereocenters. The molecule has 1 N–H and O–H groups in total. The normalized spacial score (nSPS) is 16.5. The predicted octanol–water partition coefficient (Wildman–Crippen LogP) is 6.07. The molecule has 4 aromatic rings. The van der Waals surface area contributed by atoms with Crippen LogP contribution in [0.1, 0.15) is 46.0 Å². The Bertz CT molecular complexity index is 1240. The van der Waals surface area contributed by atoms with Crippen LogP contribution in [0, 0.1) is 6.92 Å². The Morgan fingerprint density at radius 2 is 1.97 bits per heavy atom. The third-order valence-electron chi connectivity index (χ3n) is 6.05. The lowest BCUT2D eigenvalue weighted by atomic mass is 10.1. The Hall–Kier alpha value is -2.19. The number of para-hydroxylation sites is 1. The Morgan fingerprint density at radius 1 is 1.19 bits per heavy atom. The average Bonchev–Trinajstić information content (AvgIpc) is 3.56. The number of thiophene rings is 2. The van der Waals surface area contributed by atoms with Gasteiger partial charge in [0.05, 0.1) is 27.3 Å². The summed E-state index contributed by atoms with van der Waals surface area (Å²) < 4.78 is 1.84. The minimum atomic E-state index is -0.0374. The van der Waals surface area contributed by atoms with Crippen molar-refractivity contribution in [2.75, 3.05) is 13.1 Å². The van der Waals surface area contributed by atoms with Crippen LogP contribution in [0.3, 0.4) is 0 Å². The van der Waals surface area contributed by atoms with Gasteiger partial charge in [-0.3, -0.25) is 9.69 Å². The summed E-state index contributed by atoms with van der Waals surface area (Å²) in [6.45, 7) is 6.24. The molecule has 1 fully saturated rings. The van der Waals surface area contributed by atoms with E-state index < -0.39 is 0 Å². The van der Waals surface area contributed by atoms with Gasteiger partial charge in [0.15, 0.2) is 0 Å². The molecule has 3 aromatic heterocycles. The van der Waals surface area contributed by atoms with E-state index in [4.69, 9.17) is 11.6 Å². The van der Waals surface area contributed by atoms with Crippen LogP contribution in [0.2, 0.25) is 5.02 Å². The molecule has 5 nitrogen and oxygen atoms in total. The molecule has 0 radical (unpaired) electrons. The van der Waals surface area contributed by atoms with Gasteiger partial charge >= 0.3 is 0 Å². The highest BCUT2D eigenvalue weighted by Gasteiger charge is 2.30. The van der Waals surface area contributed by atoms with Crippen LogP contribution < -0.4 is 5.32 Å². The molecule has 1 aliphatic rings. The number of aromatic nitrogens is 2. The van der Waals surface area contributed by atoms with E-state index in [2.05, 4.69) is 39.8 Å². The van der Waals surface area contributed by atoms with E-state index in [1.807, 2.05) is 41.9 Å². The van der Waals surface area contributed by atoms with Gasteiger partial charge in [-0.2, -0.15) is 5.10 Å². The summed E-state index contributed by atoms with van der Waals surface area (Å²) in [5.41, 5.74) is 1.71. The zero-order chi connectivity index (χ0) is 22.2. The van der Waals surface area contributed by atoms with Crippen molar-refractivity contribution in [2.24, 2.45) is 0 Å². The number of aryl methyl sites for hydroxylation is 1. The number of fused-ring (bicyclic) bond motifs is 1. The lowest BCUT2D eigenvalue weighted by Gasteiger charge is -2.32. The van der Waals surface area contributed by atoms with Crippen LogP contribution in [-0.4, -0.2) is 39.7 Å². The van der Waals surface area contributed by atoms with Gasteiger partial charge < -0.3 is 5.32 Å². The van der Waals surface area contributed by atoms with Crippen molar-refractivity contribution >= 4 is 50.4 Å². The highest BCUT2D eigenvalue weighted by atomic mass is 35.5. The Balaban J connectivity index is 1.42. The fraction of sp³-hybridized carbons (Fsp3) is 0.333. The predicted molar refractivity (Wildman–Crippen MR) is 133 cm³/mol. The Morgan fingerprint density at radius 3 is 2.69 bits per heavy atom. The second-order valence-corrected chi connectivity index (χ2v) is 10.7. The first-order valence-electron chi connectivity index (χ1n) is 10.9. The number of hydrogen-bond donors (Lipinski definition) is 1. The van der Waals surface area contributed by atoms with Gasteiger partial charge in [-0.15, -0.1) is 22.7 Å². The molecule has 1 aliphatic heterocycles. The number of likely N-dealkylation sites (tertiary alicyclic amines) is 1. The number of carbonyl (C=O) groups excluding carboxylic acids is 1. The summed E-state index contributed by atoms with van der Waals surface area (Å²) in [6.07, 6.45) is 2.44. The van der Waals surface area contributed by atoms with Crippen molar-refractivity contribution in [1.82, 2.24) is 20.0 Å². The minimum absolute atomic E-state index is 0.00521. The maximum Gasteiger partial charge on any atom is 0.261 e. The van der Waals surface area contributed by atoms with Gasteiger partial charge in [-0.25, -0.2) is 4.68 Å². The summed E-state index contributed by atoms with van der Waals surface area (Å²) in [4.78, 5) is 18.7. The van der Waals surface area contributed by atoms with Crippen molar-refractivity contribution in [3.05, 3.63) is 68.3 Å². The summed E-state index contributed by atoms with van der Waals surface area (Å²) >= 11 is 9.63. The van der Waals surface area contributed by atoms with Crippen LogP contribution in [0.15, 0.2) is 47.8 Å². The zero-order valence-corrected chi connectivity index (χ0v) is 20.4. The first kappa shape index (κ1) is 21.6. The van der Waals surface area contributed by atoms with E-state index in [0.29, 0.717) is 9.90 Å². The van der Waals surface area contributed by atoms with E-state index in [9.17, 15) is 4.79 Å². The molecular weight excluding hydrogens is 460 g/mol. The van der Waals surface area contributed by atoms with Crippen LogP contribution in [-0.2, 0) is 0 Å². The molecule has 8 heteroatoms. The molecule has 0 aliphatic carbocycles. The van der Waals surface area contributed by atoms with Crippen LogP contribution in [0.4, 0.5) is 0 Å². The largest absolute Gasteiger partial charge is 0.347 e. The lowest BCUT2D eigenvalue weighted by Crippen LogP contribution is -2.43. The number of halogens is 1. The van der Waals surface area contributed by atoms with E-state index in [1.54, 1.807) is 11.3 Å². The van der Waals surface area contributed by atoms with E-state index in [1.165, 1.54) is 29.1 Å². The molecule has 2 atom stereocenters. The Kier molecular flexibility index (Phi) is 6.07. The molecular formula is C24H25ClN4OS2.